The third kappa shape index (κ3) is 3.27. The molecule has 0 fully saturated rings. The zero-order chi connectivity index (χ0) is 13.7. The Morgan fingerprint density at radius 3 is 2.72 bits per heavy atom. The molecule has 0 unspecified atom stereocenters. The minimum absolute atomic E-state index is 0.0251. The van der Waals surface area contributed by atoms with Crippen LogP contribution in [0.5, 0.6) is 0 Å². The fraction of sp³-hybridized carbons (Fsp3) is 0.417. The Kier molecular flexibility index (Phi) is 4.79. The van der Waals surface area contributed by atoms with Crippen LogP contribution in [0, 0.1) is 17.0 Å². The first kappa shape index (κ1) is 14.1. The Hall–Kier alpha value is -1.95. The maximum Gasteiger partial charge on any atom is 0.273 e. The van der Waals surface area contributed by atoms with E-state index in [1.165, 1.54) is 11.0 Å². The number of hydrogen-bond donors (Lipinski definition) is 1. The molecule has 0 radical (unpaired) electrons. The molecule has 0 aliphatic rings. The van der Waals surface area contributed by atoms with E-state index in [1.807, 2.05) is 0 Å². The number of nitrogens with zero attached hydrogens (tertiary/aromatic N) is 2. The number of carbonyl (C=O) groups excluding carboxylic acids is 1. The van der Waals surface area contributed by atoms with Crippen LogP contribution in [0.25, 0.3) is 0 Å². The minimum Gasteiger partial charge on any atom is -0.340 e. The van der Waals surface area contributed by atoms with Crippen LogP contribution in [0.1, 0.15) is 15.9 Å². The largest absolute Gasteiger partial charge is 0.340 e. The molecule has 1 N–H and O–H groups in total. The van der Waals surface area contributed by atoms with E-state index in [0.29, 0.717) is 24.2 Å². The summed E-state index contributed by atoms with van der Waals surface area (Å²) in [5, 5.41) is 13.8. The number of aryl methyl sites for hydroxylation is 1. The Balaban J connectivity index is 2.93. The molecule has 0 atom stereocenters. The van der Waals surface area contributed by atoms with Crippen molar-refractivity contribution in [3.8, 4) is 0 Å². The molecule has 0 aromatic heterocycles. The second-order valence-corrected chi connectivity index (χ2v) is 4.09. The fourth-order valence-electron chi connectivity index (χ4n) is 1.54. The van der Waals surface area contributed by atoms with Gasteiger partial charge in [0.15, 0.2) is 0 Å². The standard InChI is InChI=1S/C12H17N3O3/c1-9-4-5-10(8-11(9)15(17)18)12(16)14(3)7-6-13-2/h4-5,8,13H,6-7H2,1-3H3. The van der Waals surface area contributed by atoms with Gasteiger partial charge in [-0.05, 0) is 20.0 Å². The number of nitro groups is 1. The number of benzene rings is 1. The van der Waals surface area contributed by atoms with Gasteiger partial charge in [-0.3, -0.25) is 14.9 Å². The molecule has 1 aromatic rings. The van der Waals surface area contributed by atoms with Crippen LogP contribution in [0.4, 0.5) is 5.69 Å². The lowest BCUT2D eigenvalue weighted by atomic mass is 10.1. The highest BCUT2D eigenvalue weighted by atomic mass is 16.6. The first-order chi connectivity index (χ1) is 8.47. The van der Waals surface area contributed by atoms with Crippen molar-refractivity contribution < 1.29 is 9.72 Å². The first-order valence-corrected chi connectivity index (χ1v) is 5.62. The highest BCUT2D eigenvalue weighted by Crippen LogP contribution is 2.19. The second-order valence-electron chi connectivity index (χ2n) is 4.09. The summed E-state index contributed by atoms with van der Waals surface area (Å²) < 4.78 is 0. The van der Waals surface area contributed by atoms with E-state index in [4.69, 9.17) is 0 Å². The third-order valence-corrected chi connectivity index (χ3v) is 2.70. The molecule has 0 spiro atoms. The van der Waals surface area contributed by atoms with Crippen LogP contribution >= 0.6 is 0 Å². The molecular formula is C12H17N3O3. The average Bonchev–Trinajstić information content (AvgIpc) is 2.35. The molecule has 98 valence electrons. The number of amides is 1. The SMILES string of the molecule is CNCCN(C)C(=O)c1ccc(C)c([N+](=O)[O-])c1. The van der Waals surface area contributed by atoms with Crippen molar-refractivity contribution in [1.82, 2.24) is 10.2 Å². The monoisotopic (exact) mass is 251 g/mol. The summed E-state index contributed by atoms with van der Waals surface area (Å²) in [6.07, 6.45) is 0. The highest BCUT2D eigenvalue weighted by molar-refractivity contribution is 5.94. The van der Waals surface area contributed by atoms with Gasteiger partial charge in [0.25, 0.3) is 11.6 Å². The highest BCUT2D eigenvalue weighted by Gasteiger charge is 2.17. The molecule has 18 heavy (non-hydrogen) atoms. The average molecular weight is 251 g/mol. The van der Waals surface area contributed by atoms with E-state index in [2.05, 4.69) is 5.32 Å². The number of rotatable bonds is 5. The Labute approximate surface area is 106 Å². The van der Waals surface area contributed by atoms with Crippen molar-refractivity contribution in [3.05, 3.63) is 39.4 Å². The van der Waals surface area contributed by atoms with Gasteiger partial charge < -0.3 is 10.2 Å². The maximum atomic E-state index is 12.0. The van der Waals surface area contributed by atoms with Gasteiger partial charge in [0, 0.05) is 37.3 Å². The van der Waals surface area contributed by atoms with Crippen molar-refractivity contribution in [2.75, 3.05) is 27.2 Å². The topological polar surface area (TPSA) is 75.5 Å². The predicted molar refractivity (Wildman–Crippen MR) is 68.7 cm³/mol. The molecule has 1 amide bonds. The summed E-state index contributed by atoms with van der Waals surface area (Å²) in [4.78, 5) is 23.9. The quantitative estimate of drug-likeness (QED) is 0.630. The molecule has 0 saturated heterocycles. The maximum absolute atomic E-state index is 12.0. The molecular weight excluding hydrogens is 234 g/mol. The molecule has 1 aromatic carbocycles. The summed E-state index contributed by atoms with van der Waals surface area (Å²) in [6, 6.07) is 4.53. The van der Waals surface area contributed by atoms with Crippen LogP contribution in [-0.2, 0) is 0 Å². The number of nitro benzene ring substituents is 1. The van der Waals surface area contributed by atoms with Gasteiger partial charge in [-0.15, -0.1) is 0 Å². The summed E-state index contributed by atoms with van der Waals surface area (Å²) >= 11 is 0. The number of carbonyl (C=O) groups is 1. The predicted octanol–water partition coefficient (Wildman–Crippen LogP) is 1.19. The molecule has 0 saturated carbocycles. The lowest BCUT2D eigenvalue weighted by Gasteiger charge is -2.16. The van der Waals surface area contributed by atoms with Gasteiger partial charge in [0.2, 0.25) is 0 Å². The van der Waals surface area contributed by atoms with Crippen molar-refractivity contribution in [2.24, 2.45) is 0 Å². The number of likely N-dealkylation sites (N-methyl/N-ethyl adjacent to an activating group) is 2. The van der Waals surface area contributed by atoms with E-state index in [9.17, 15) is 14.9 Å². The van der Waals surface area contributed by atoms with Gasteiger partial charge >= 0.3 is 0 Å². The van der Waals surface area contributed by atoms with E-state index in [0.717, 1.165) is 0 Å². The minimum atomic E-state index is -0.473. The molecule has 0 aliphatic heterocycles. The van der Waals surface area contributed by atoms with Gasteiger partial charge in [0.05, 0.1) is 4.92 Å². The van der Waals surface area contributed by atoms with E-state index in [1.54, 1.807) is 33.2 Å². The Morgan fingerprint density at radius 1 is 1.50 bits per heavy atom. The summed E-state index contributed by atoms with van der Waals surface area (Å²) in [7, 11) is 3.47. The van der Waals surface area contributed by atoms with Gasteiger partial charge in [-0.2, -0.15) is 0 Å². The Morgan fingerprint density at radius 2 is 2.17 bits per heavy atom. The molecule has 0 aliphatic carbocycles. The summed E-state index contributed by atoms with van der Waals surface area (Å²) in [5.74, 6) is -0.214. The first-order valence-electron chi connectivity index (χ1n) is 5.62. The van der Waals surface area contributed by atoms with Crippen LogP contribution in [-0.4, -0.2) is 42.9 Å². The summed E-state index contributed by atoms with van der Waals surface area (Å²) in [6.45, 7) is 2.88. The lowest BCUT2D eigenvalue weighted by Crippen LogP contribution is -2.32. The van der Waals surface area contributed by atoms with Gasteiger partial charge in [-0.25, -0.2) is 0 Å². The fourth-order valence-corrected chi connectivity index (χ4v) is 1.54. The lowest BCUT2D eigenvalue weighted by molar-refractivity contribution is -0.385. The van der Waals surface area contributed by atoms with E-state index in [-0.39, 0.29) is 11.6 Å². The summed E-state index contributed by atoms with van der Waals surface area (Å²) in [5.41, 5.74) is 0.864. The van der Waals surface area contributed by atoms with Crippen LogP contribution in [0.3, 0.4) is 0 Å². The van der Waals surface area contributed by atoms with Crippen molar-refractivity contribution in [1.29, 1.82) is 0 Å². The van der Waals surface area contributed by atoms with Crippen LogP contribution in [0.2, 0.25) is 0 Å². The zero-order valence-corrected chi connectivity index (χ0v) is 10.8. The molecule has 0 heterocycles. The zero-order valence-electron chi connectivity index (χ0n) is 10.8. The molecule has 6 nitrogen and oxygen atoms in total. The van der Waals surface area contributed by atoms with Crippen molar-refractivity contribution in [3.63, 3.8) is 0 Å². The van der Waals surface area contributed by atoms with Gasteiger partial charge in [0.1, 0.15) is 0 Å². The molecule has 1 rings (SSSR count). The smallest absolute Gasteiger partial charge is 0.273 e. The van der Waals surface area contributed by atoms with Crippen molar-refractivity contribution in [2.45, 2.75) is 6.92 Å². The number of hydrogen-bond acceptors (Lipinski definition) is 4. The van der Waals surface area contributed by atoms with Crippen LogP contribution in [0.15, 0.2) is 18.2 Å². The van der Waals surface area contributed by atoms with Crippen LogP contribution < -0.4 is 5.32 Å². The van der Waals surface area contributed by atoms with E-state index < -0.39 is 4.92 Å². The normalized spacial score (nSPS) is 10.2. The van der Waals surface area contributed by atoms with Crippen molar-refractivity contribution >= 4 is 11.6 Å². The molecule has 6 heteroatoms. The number of nitrogens with one attached hydrogen (secondary N) is 1. The second kappa shape index (κ2) is 6.11. The van der Waals surface area contributed by atoms with E-state index >= 15 is 0 Å². The van der Waals surface area contributed by atoms with Gasteiger partial charge in [-0.1, -0.05) is 6.07 Å². The molecule has 0 bridgehead atoms. The Bertz CT molecular complexity index is 460. The third-order valence-electron chi connectivity index (χ3n) is 2.70.